The number of nitriles is 1. The van der Waals surface area contributed by atoms with E-state index in [0.717, 1.165) is 28.7 Å². The zero-order chi connectivity index (χ0) is 23.9. The van der Waals surface area contributed by atoms with Gasteiger partial charge in [-0.3, -0.25) is 9.48 Å². The molecule has 7 heteroatoms. The van der Waals surface area contributed by atoms with Crippen LogP contribution in [-0.2, 0) is 18.3 Å². The maximum Gasteiger partial charge on any atom is 0.246 e. The zero-order valence-corrected chi connectivity index (χ0v) is 19.5. The summed E-state index contributed by atoms with van der Waals surface area (Å²) in [6.45, 7) is 0.597. The molecule has 0 radical (unpaired) electrons. The molecule has 1 heterocycles. The van der Waals surface area contributed by atoms with Gasteiger partial charge in [-0.1, -0.05) is 60.1 Å². The molecule has 0 saturated carbocycles. The van der Waals surface area contributed by atoms with Crippen LogP contribution in [0.1, 0.15) is 22.7 Å². The second-order valence-corrected chi connectivity index (χ2v) is 8.35. The lowest BCUT2D eigenvalue weighted by molar-refractivity contribution is -0.118. The fourth-order valence-electron chi connectivity index (χ4n) is 3.72. The van der Waals surface area contributed by atoms with Gasteiger partial charge in [0.15, 0.2) is 0 Å². The van der Waals surface area contributed by atoms with Crippen molar-refractivity contribution in [1.29, 1.82) is 5.26 Å². The Morgan fingerprint density at radius 2 is 1.88 bits per heavy atom. The summed E-state index contributed by atoms with van der Waals surface area (Å²) in [4.78, 5) is 13.2. The van der Waals surface area contributed by atoms with Gasteiger partial charge in [-0.25, -0.2) is 0 Å². The van der Waals surface area contributed by atoms with Crippen LogP contribution in [0.5, 0.6) is 0 Å². The molecule has 2 N–H and O–H groups in total. The monoisotopic (exact) mass is 469 g/mol. The molecule has 0 unspecified atom stereocenters. The minimum atomic E-state index is -0.531. The molecule has 1 aromatic heterocycles. The van der Waals surface area contributed by atoms with Gasteiger partial charge in [-0.2, -0.15) is 10.4 Å². The molecule has 1 atom stereocenters. The van der Waals surface area contributed by atoms with Crippen molar-refractivity contribution in [3.05, 3.63) is 107 Å². The molecule has 3 aromatic carbocycles. The lowest BCUT2D eigenvalue weighted by Gasteiger charge is -2.19. The normalized spacial score (nSPS) is 11.6. The number of benzene rings is 3. The highest BCUT2D eigenvalue weighted by Crippen LogP contribution is 2.30. The molecule has 4 rings (SSSR count). The maximum atomic E-state index is 13.2. The van der Waals surface area contributed by atoms with Crippen molar-refractivity contribution in [3.63, 3.8) is 0 Å². The fourth-order valence-corrected chi connectivity index (χ4v) is 4.01. The van der Waals surface area contributed by atoms with Crippen LogP contribution in [0.15, 0.2) is 85.2 Å². The van der Waals surface area contributed by atoms with E-state index >= 15 is 0 Å². The van der Waals surface area contributed by atoms with Gasteiger partial charge < -0.3 is 10.6 Å². The Morgan fingerprint density at radius 3 is 2.53 bits per heavy atom. The van der Waals surface area contributed by atoms with Gasteiger partial charge in [0.2, 0.25) is 5.91 Å². The average molecular weight is 470 g/mol. The van der Waals surface area contributed by atoms with Crippen LogP contribution in [0, 0.1) is 11.3 Å². The fraction of sp³-hybridized carbons (Fsp3) is 0.148. The number of nitrogens with zero attached hydrogens (tertiary/aromatic N) is 3. The summed E-state index contributed by atoms with van der Waals surface area (Å²) in [6, 6.07) is 24.1. The predicted octanol–water partition coefficient (Wildman–Crippen LogP) is 5.12. The van der Waals surface area contributed by atoms with E-state index in [9.17, 15) is 4.79 Å². The minimum Gasteiger partial charge on any atom is -0.324 e. The lowest BCUT2D eigenvalue weighted by Crippen LogP contribution is -2.34. The predicted molar refractivity (Wildman–Crippen MR) is 134 cm³/mol. The Hall–Kier alpha value is -3.92. The van der Waals surface area contributed by atoms with Crippen LogP contribution in [0.2, 0.25) is 5.02 Å². The molecule has 0 saturated heterocycles. The number of hydrogen-bond donors (Lipinski definition) is 2. The van der Waals surface area contributed by atoms with Gasteiger partial charge in [0.1, 0.15) is 6.04 Å². The molecule has 0 aliphatic carbocycles. The number of rotatable bonds is 8. The molecule has 0 spiro atoms. The molecule has 6 nitrogen and oxygen atoms in total. The summed E-state index contributed by atoms with van der Waals surface area (Å²) >= 11 is 6.50. The highest BCUT2D eigenvalue weighted by molar-refractivity contribution is 6.33. The first-order chi connectivity index (χ1) is 16.5. The molecular weight excluding hydrogens is 446 g/mol. The largest absolute Gasteiger partial charge is 0.324 e. The Morgan fingerprint density at radius 1 is 1.12 bits per heavy atom. The van der Waals surface area contributed by atoms with E-state index in [1.165, 1.54) is 0 Å². The first-order valence-corrected chi connectivity index (χ1v) is 11.3. The zero-order valence-electron chi connectivity index (χ0n) is 18.7. The second kappa shape index (κ2) is 10.8. The second-order valence-electron chi connectivity index (χ2n) is 7.94. The third kappa shape index (κ3) is 5.70. The average Bonchev–Trinajstić information content (AvgIpc) is 3.28. The summed E-state index contributed by atoms with van der Waals surface area (Å²) in [6.07, 6.45) is 4.37. The first kappa shape index (κ1) is 23.2. The highest BCUT2D eigenvalue weighted by Gasteiger charge is 2.20. The van der Waals surface area contributed by atoms with Gasteiger partial charge in [0, 0.05) is 36.6 Å². The van der Waals surface area contributed by atoms with Gasteiger partial charge in [-0.15, -0.1) is 0 Å². The van der Waals surface area contributed by atoms with Crippen LogP contribution >= 0.6 is 11.6 Å². The molecule has 34 heavy (non-hydrogen) atoms. The van der Waals surface area contributed by atoms with Crippen molar-refractivity contribution in [1.82, 2.24) is 15.1 Å². The minimum absolute atomic E-state index is 0.170. The van der Waals surface area contributed by atoms with Gasteiger partial charge in [0.05, 0.1) is 22.9 Å². The van der Waals surface area contributed by atoms with E-state index in [4.69, 9.17) is 16.9 Å². The van der Waals surface area contributed by atoms with Crippen molar-refractivity contribution in [2.45, 2.75) is 12.5 Å². The van der Waals surface area contributed by atoms with Crippen molar-refractivity contribution in [2.75, 3.05) is 11.9 Å². The van der Waals surface area contributed by atoms with Crippen molar-refractivity contribution >= 4 is 23.2 Å². The maximum absolute atomic E-state index is 13.2. The Labute approximate surface area is 203 Å². The summed E-state index contributed by atoms with van der Waals surface area (Å²) in [5.74, 6) is -0.170. The number of halogens is 1. The first-order valence-electron chi connectivity index (χ1n) is 10.9. The Bertz CT molecular complexity index is 1310. The van der Waals surface area contributed by atoms with Gasteiger partial charge >= 0.3 is 0 Å². The van der Waals surface area contributed by atoms with Crippen LogP contribution in [-0.4, -0.2) is 22.2 Å². The summed E-state index contributed by atoms with van der Waals surface area (Å²) < 4.78 is 1.72. The topological polar surface area (TPSA) is 82.7 Å². The number of nitrogens with one attached hydrogen (secondary N) is 2. The van der Waals surface area contributed by atoms with E-state index in [1.54, 1.807) is 29.1 Å². The van der Waals surface area contributed by atoms with Crippen molar-refractivity contribution < 1.29 is 4.79 Å². The third-order valence-corrected chi connectivity index (χ3v) is 5.81. The quantitative estimate of drug-likeness (QED) is 0.375. The Kier molecular flexibility index (Phi) is 7.38. The van der Waals surface area contributed by atoms with Gasteiger partial charge in [0.25, 0.3) is 0 Å². The number of aryl methyl sites for hydroxylation is 1. The standard InChI is InChI=1S/C27H24ClN5O/c1-33-18-22(17-31-33)24-12-11-23(15-25(24)28)32-27(34)26(21-5-3-2-4-6-21)30-14-13-19-7-9-20(16-29)10-8-19/h2-12,15,17-18,26,30H,13-14H2,1H3,(H,32,34)/t26-/m0/s1. The molecule has 0 fully saturated rings. The van der Waals surface area contributed by atoms with Crippen molar-refractivity contribution in [3.8, 4) is 17.2 Å². The summed E-state index contributed by atoms with van der Waals surface area (Å²) in [5.41, 5.74) is 4.99. The van der Waals surface area contributed by atoms with E-state index in [2.05, 4.69) is 21.8 Å². The third-order valence-electron chi connectivity index (χ3n) is 5.49. The number of aromatic nitrogens is 2. The molecule has 0 bridgehead atoms. The number of carbonyl (C=O) groups is 1. The van der Waals surface area contributed by atoms with Crippen LogP contribution in [0.25, 0.3) is 11.1 Å². The number of anilines is 1. The molecule has 0 aliphatic rings. The molecule has 0 aliphatic heterocycles. The smallest absolute Gasteiger partial charge is 0.246 e. The number of amides is 1. The Balaban J connectivity index is 1.46. The van der Waals surface area contributed by atoms with Gasteiger partial charge in [-0.05, 0) is 41.8 Å². The number of hydrogen-bond acceptors (Lipinski definition) is 4. The van der Waals surface area contributed by atoms with Crippen LogP contribution in [0.3, 0.4) is 0 Å². The highest BCUT2D eigenvalue weighted by atomic mass is 35.5. The molecule has 4 aromatic rings. The number of carbonyl (C=O) groups excluding carboxylic acids is 1. The molecular formula is C27H24ClN5O. The van der Waals surface area contributed by atoms with Crippen molar-refractivity contribution in [2.24, 2.45) is 7.05 Å². The van der Waals surface area contributed by atoms with Crippen LogP contribution in [0.4, 0.5) is 5.69 Å². The summed E-state index contributed by atoms with van der Waals surface area (Å²) in [7, 11) is 1.85. The van der Waals surface area contributed by atoms with Crippen LogP contribution < -0.4 is 10.6 Å². The summed E-state index contributed by atoms with van der Waals surface area (Å²) in [5, 5.41) is 20.0. The van der Waals surface area contributed by atoms with E-state index < -0.39 is 6.04 Å². The molecule has 1 amide bonds. The SMILES string of the molecule is Cn1cc(-c2ccc(NC(=O)[C@@H](NCCc3ccc(C#N)cc3)c3ccccc3)cc2Cl)cn1. The van der Waals surface area contributed by atoms with E-state index in [0.29, 0.717) is 22.8 Å². The molecule has 170 valence electrons. The lowest BCUT2D eigenvalue weighted by atomic mass is 10.0. The van der Waals surface area contributed by atoms with E-state index in [-0.39, 0.29) is 5.91 Å². The van der Waals surface area contributed by atoms with E-state index in [1.807, 2.05) is 67.8 Å².